The number of carbonyl (C=O) groups excluding carboxylic acids is 2. The Bertz CT molecular complexity index is 983. The maximum Gasteiger partial charge on any atom is 0.290 e. The third-order valence-electron chi connectivity index (χ3n) is 5.69. The zero-order valence-electron chi connectivity index (χ0n) is 18.7. The number of aliphatic hydroxyl groups excluding tert-OH is 1. The summed E-state index contributed by atoms with van der Waals surface area (Å²) in [6.45, 7) is 4.69. The first-order valence-electron chi connectivity index (χ1n) is 11.2. The van der Waals surface area contributed by atoms with Gasteiger partial charge in [0.15, 0.2) is 23.0 Å². The Balaban J connectivity index is 1.94. The monoisotopic (exact) mass is 437 g/mol. The summed E-state index contributed by atoms with van der Waals surface area (Å²) in [6, 6.07) is 13.8. The minimum absolute atomic E-state index is 0.0115. The normalized spacial score (nSPS) is 16.0. The number of phenolic OH excluding ortho intramolecular Hbond substituents is 1. The lowest BCUT2D eigenvalue weighted by Crippen LogP contribution is -2.32. The van der Waals surface area contributed by atoms with Crippen LogP contribution in [0.25, 0.3) is 0 Å². The fourth-order valence-electron chi connectivity index (χ4n) is 4.06. The summed E-state index contributed by atoms with van der Waals surface area (Å²) in [6.07, 6.45) is 3.41. The lowest BCUT2D eigenvalue weighted by atomic mass is 9.93. The third-order valence-corrected chi connectivity index (χ3v) is 5.69. The van der Waals surface area contributed by atoms with E-state index >= 15 is 0 Å². The molecule has 6 nitrogen and oxygen atoms in total. The lowest BCUT2D eigenvalue weighted by Gasteiger charge is -2.27. The van der Waals surface area contributed by atoms with E-state index in [9.17, 15) is 19.8 Å². The van der Waals surface area contributed by atoms with Crippen LogP contribution in [0.3, 0.4) is 0 Å². The van der Waals surface area contributed by atoms with Gasteiger partial charge in [0.1, 0.15) is 0 Å². The largest absolute Gasteiger partial charge is 0.504 e. The summed E-state index contributed by atoms with van der Waals surface area (Å²) in [7, 11) is 0. The maximum atomic E-state index is 13.2. The van der Waals surface area contributed by atoms with Crippen molar-refractivity contribution in [1.82, 2.24) is 4.90 Å². The molecule has 2 N–H and O–H groups in total. The molecule has 1 atom stereocenters. The van der Waals surface area contributed by atoms with Gasteiger partial charge in [-0.15, -0.1) is 0 Å². The zero-order chi connectivity index (χ0) is 23.1. The smallest absolute Gasteiger partial charge is 0.290 e. The standard InChI is InChI=1S/C26H31NO5/c1-3-5-9-16-27-24(19-13-15-20(28)22(17-19)32-4-2)23(25(30)26(27)31)21(29)14-12-18-10-7-6-8-11-18/h6-8,10-11,13,15,17,24,28,30H,3-5,9,12,14,16H2,1-2H3. The highest BCUT2D eigenvalue weighted by Gasteiger charge is 2.43. The van der Waals surface area contributed by atoms with Gasteiger partial charge in [0, 0.05) is 13.0 Å². The Morgan fingerprint density at radius 1 is 1.06 bits per heavy atom. The summed E-state index contributed by atoms with van der Waals surface area (Å²) in [5.74, 6) is -0.986. The number of unbranched alkanes of at least 4 members (excludes halogenated alkanes) is 2. The number of aliphatic hydroxyl groups is 1. The Kier molecular flexibility index (Phi) is 7.92. The van der Waals surface area contributed by atoms with Gasteiger partial charge in [-0.3, -0.25) is 9.59 Å². The second-order valence-corrected chi connectivity index (χ2v) is 7.94. The molecule has 0 saturated heterocycles. The van der Waals surface area contributed by atoms with Crippen molar-refractivity contribution < 1.29 is 24.5 Å². The second kappa shape index (κ2) is 10.8. The van der Waals surface area contributed by atoms with Crippen LogP contribution in [-0.2, 0) is 16.0 Å². The fraction of sp³-hybridized carbons (Fsp3) is 0.385. The Hall–Kier alpha value is -3.28. The van der Waals surface area contributed by atoms with E-state index in [1.54, 1.807) is 17.0 Å². The van der Waals surface area contributed by atoms with Crippen molar-refractivity contribution >= 4 is 11.7 Å². The van der Waals surface area contributed by atoms with E-state index in [-0.39, 0.29) is 29.3 Å². The molecule has 6 heteroatoms. The molecule has 32 heavy (non-hydrogen) atoms. The summed E-state index contributed by atoms with van der Waals surface area (Å²) >= 11 is 0. The van der Waals surface area contributed by atoms with Gasteiger partial charge in [-0.05, 0) is 43.0 Å². The average Bonchev–Trinajstić information content (AvgIpc) is 3.05. The summed E-state index contributed by atoms with van der Waals surface area (Å²) < 4.78 is 5.51. The van der Waals surface area contributed by atoms with Crippen molar-refractivity contribution in [2.24, 2.45) is 0 Å². The van der Waals surface area contributed by atoms with Crippen LogP contribution in [-0.4, -0.2) is 40.0 Å². The first-order chi connectivity index (χ1) is 15.5. The number of ether oxygens (including phenoxy) is 1. The number of carbonyl (C=O) groups is 2. The number of phenols is 1. The summed E-state index contributed by atoms with van der Waals surface area (Å²) in [5, 5.41) is 20.8. The molecule has 1 aliphatic rings. The van der Waals surface area contributed by atoms with Crippen molar-refractivity contribution in [2.75, 3.05) is 13.2 Å². The summed E-state index contributed by atoms with van der Waals surface area (Å²) in [5.41, 5.74) is 1.77. The minimum atomic E-state index is -0.706. The van der Waals surface area contributed by atoms with E-state index in [2.05, 4.69) is 6.92 Å². The molecule has 0 aliphatic carbocycles. The maximum absolute atomic E-state index is 13.2. The zero-order valence-corrected chi connectivity index (χ0v) is 18.7. The molecular weight excluding hydrogens is 406 g/mol. The van der Waals surface area contributed by atoms with Crippen molar-refractivity contribution in [1.29, 1.82) is 0 Å². The van der Waals surface area contributed by atoms with E-state index in [0.29, 0.717) is 25.1 Å². The predicted molar refractivity (Wildman–Crippen MR) is 123 cm³/mol. The van der Waals surface area contributed by atoms with Gasteiger partial charge in [-0.2, -0.15) is 0 Å². The topological polar surface area (TPSA) is 87.1 Å². The van der Waals surface area contributed by atoms with Crippen LogP contribution in [0.1, 0.15) is 56.7 Å². The van der Waals surface area contributed by atoms with Crippen LogP contribution in [0.2, 0.25) is 0 Å². The fourth-order valence-corrected chi connectivity index (χ4v) is 4.06. The van der Waals surface area contributed by atoms with Gasteiger partial charge in [-0.25, -0.2) is 0 Å². The van der Waals surface area contributed by atoms with Crippen molar-refractivity contribution in [3.63, 3.8) is 0 Å². The van der Waals surface area contributed by atoms with Gasteiger partial charge in [0.2, 0.25) is 0 Å². The number of hydrogen-bond acceptors (Lipinski definition) is 5. The van der Waals surface area contributed by atoms with E-state index in [1.807, 2.05) is 37.3 Å². The van der Waals surface area contributed by atoms with Crippen molar-refractivity contribution in [3.8, 4) is 11.5 Å². The molecule has 2 aromatic carbocycles. The number of hydrogen-bond donors (Lipinski definition) is 2. The second-order valence-electron chi connectivity index (χ2n) is 7.94. The quantitative estimate of drug-likeness (QED) is 0.489. The van der Waals surface area contributed by atoms with Crippen LogP contribution < -0.4 is 4.74 Å². The Labute approximate surface area is 189 Å². The van der Waals surface area contributed by atoms with Gasteiger partial charge in [-0.1, -0.05) is 56.2 Å². The average molecular weight is 438 g/mol. The molecule has 0 bridgehead atoms. The minimum Gasteiger partial charge on any atom is -0.504 e. The van der Waals surface area contributed by atoms with E-state index < -0.39 is 17.7 Å². The molecule has 0 radical (unpaired) electrons. The molecule has 3 rings (SSSR count). The number of amides is 1. The van der Waals surface area contributed by atoms with Crippen LogP contribution in [0, 0.1) is 0 Å². The number of benzene rings is 2. The Morgan fingerprint density at radius 3 is 2.50 bits per heavy atom. The van der Waals surface area contributed by atoms with Crippen LogP contribution in [0.4, 0.5) is 0 Å². The highest BCUT2D eigenvalue weighted by molar-refractivity contribution is 6.09. The SMILES string of the molecule is CCCCCN1C(=O)C(O)=C(C(=O)CCc2ccccc2)C1c1ccc(O)c(OCC)c1. The molecular formula is C26H31NO5. The van der Waals surface area contributed by atoms with Crippen LogP contribution in [0.5, 0.6) is 11.5 Å². The van der Waals surface area contributed by atoms with Crippen LogP contribution >= 0.6 is 0 Å². The first-order valence-corrected chi connectivity index (χ1v) is 11.2. The number of Topliss-reactive ketones (excluding diaryl/α,β-unsaturated/α-hetero) is 1. The molecule has 0 fully saturated rings. The van der Waals surface area contributed by atoms with Crippen LogP contribution in [0.15, 0.2) is 59.9 Å². The van der Waals surface area contributed by atoms with Crippen molar-refractivity contribution in [2.45, 2.75) is 52.0 Å². The van der Waals surface area contributed by atoms with Crippen molar-refractivity contribution in [3.05, 3.63) is 71.0 Å². The van der Waals surface area contributed by atoms with E-state index in [0.717, 1.165) is 24.8 Å². The number of rotatable bonds is 11. The number of aromatic hydroxyl groups is 1. The summed E-state index contributed by atoms with van der Waals surface area (Å²) in [4.78, 5) is 27.7. The number of ketones is 1. The lowest BCUT2D eigenvalue weighted by molar-refractivity contribution is -0.129. The highest BCUT2D eigenvalue weighted by atomic mass is 16.5. The Morgan fingerprint density at radius 2 is 1.81 bits per heavy atom. The first kappa shape index (κ1) is 23.4. The number of nitrogens with zero attached hydrogens (tertiary/aromatic N) is 1. The van der Waals surface area contributed by atoms with Gasteiger partial charge >= 0.3 is 0 Å². The molecule has 0 saturated carbocycles. The molecule has 1 heterocycles. The molecule has 170 valence electrons. The molecule has 2 aromatic rings. The highest BCUT2D eigenvalue weighted by Crippen LogP contribution is 2.41. The van der Waals surface area contributed by atoms with E-state index in [4.69, 9.17) is 4.74 Å². The van der Waals surface area contributed by atoms with E-state index in [1.165, 1.54) is 6.07 Å². The van der Waals surface area contributed by atoms with Gasteiger partial charge in [0.25, 0.3) is 5.91 Å². The molecule has 0 aromatic heterocycles. The molecule has 1 aliphatic heterocycles. The number of aryl methyl sites for hydroxylation is 1. The van der Waals surface area contributed by atoms with Gasteiger partial charge in [0.05, 0.1) is 18.2 Å². The van der Waals surface area contributed by atoms with Gasteiger partial charge < -0.3 is 19.8 Å². The predicted octanol–water partition coefficient (Wildman–Crippen LogP) is 4.88. The molecule has 1 unspecified atom stereocenters. The molecule has 1 amide bonds. The third kappa shape index (κ3) is 5.13. The molecule has 0 spiro atoms.